The lowest BCUT2D eigenvalue weighted by Gasteiger charge is -2.13. The summed E-state index contributed by atoms with van der Waals surface area (Å²) in [4.78, 5) is 12.6. The molecule has 0 aliphatic rings. The first kappa shape index (κ1) is 14.9. The van der Waals surface area contributed by atoms with Crippen molar-refractivity contribution in [2.45, 2.75) is 27.2 Å². The third-order valence-electron chi connectivity index (χ3n) is 3.67. The minimum absolute atomic E-state index is 0.0222. The highest BCUT2D eigenvalue weighted by Crippen LogP contribution is 2.35. The molecule has 110 valence electrons. The van der Waals surface area contributed by atoms with E-state index >= 15 is 0 Å². The number of phenols is 3. The largest absolute Gasteiger partial charge is 0.508 e. The normalized spacial score (nSPS) is 10.6. The highest BCUT2D eigenvalue weighted by Gasteiger charge is 2.20. The van der Waals surface area contributed by atoms with Gasteiger partial charge in [0.25, 0.3) is 0 Å². The van der Waals surface area contributed by atoms with Crippen molar-refractivity contribution in [2.75, 3.05) is 0 Å². The number of benzene rings is 2. The van der Waals surface area contributed by atoms with Crippen molar-refractivity contribution >= 4 is 5.78 Å². The van der Waals surface area contributed by atoms with E-state index in [0.29, 0.717) is 28.7 Å². The van der Waals surface area contributed by atoms with E-state index in [-0.39, 0.29) is 28.6 Å². The fraction of sp³-hybridized carbons (Fsp3) is 0.235. The molecular weight excluding hydrogens is 268 g/mol. The first-order valence-electron chi connectivity index (χ1n) is 6.75. The fourth-order valence-corrected chi connectivity index (χ4v) is 2.36. The van der Waals surface area contributed by atoms with E-state index in [4.69, 9.17) is 0 Å². The highest BCUT2D eigenvalue weighted by molar-refractivity contribution is 6.12. The summed E-state index contributed by atoms with van der Waals surface area (Å²) < 4.78 is 0. The van der Waals surface area contributed by atoms with Gasteiger partial charge in [0, 0.05) is 11.1 Å². The SMILES string of the molecule is CCc1cc(C(=O)c2ccc(O)cc2C)c(O)c(C)c1O. The number of phenolic OH excluding ortho intramolecular Hbond substituents is 3. The number of hydrogen-bond acceptors (Lipinski definition) is 4. The Labute approximate surface area is 123 Å². The van der Waals surface area contributed by atoms with Crippen LogP contribution in [-0.2, 0) is 6.42 Å². The van der Waals surface area contributed by atoms with Crippen molar-refractivity contribution in [2.24, 2.45) is 0 Å². The van der Waals surface area contributed by atoms with Gasteiger partial charge in [0.05, 0.1) is 5.56 Å². The molecular formula is C17H18O4. The second-order valence-electron chi connectivity index (χ2n) is 5.09. The van der Waals surface area contributed by atoms with Gasteiger partial charge in [-0.2, -0.15) is 0 Å². The zero-order chi connectivity index (χ0) is 15.7. The topological polar surface area (TPSA) is 77.8 Å². The van der Waals surface area contributed by atoms with E-state index in [1.807, 2.05) is 6.92 Å². The van der Waals surface area contributed by atoms with Crippen molar-refractivity contribution in [1.82, 2.24) is 0 Å². The molecule has 0 heterocycles. The lowest BCUT2D eigenvalue weighted by Crippen LogP contribution is -2.06. The minimum Gasteiger partial charge on any atom is -0.508 e. The van der Waals surface area contributed by atoms with Crippen molar-refractivity contribution in [3.05, 3.63) is 52.1 Å². The number of carbonyl (C=O) groups excluding carboxylic acids is 1. The van der Waals surface area contributed by atoms with E-state index in [1.165, 1.54) is 24.3 Å². The predicted molar refractivity (Wildman–Crippen MR) is 80.2 cm³/mol. The standard InChI is InChI=1S/C17H18O4/c1-4-11-8-14(16(20)10(3)15(11)19)17(21)13-6-5-12(18)7-9(13)2/h5-8,18-20H,4H2,1-3H3. The van der Waals surface area contributed by atoms with Crippen LogP contribution in [0.2, 0.25) is 0 Å². The average molecular weight is 286 g/mol. The van der Waals surface area contributed by atoms with Crippen LogP contribution >= 0.6 is 0 Å². The maximum absolute atomic E-state index is 12.6. The third kappa shape index (κ3) is 2.57. The summed E-state index contributed by atoms with van der Waals surface area (Å²) in [7, 11) is 0. The summed E-state index contributed by atoms with van der Waals surface area (Å²) >= 11 is 0. The van der Waals surface area contributed by atoms with Gasteiger partial charge in [-0.1, -0.05) is 6.92 Å². The van der Waals surface area contributed by atoms with Gasteiger partial charge in [-0.25, -0.2) is 0 Å². The molecule has 2 rings (SSSR count). The van der Waals surface area contributed by atoms with Gasteiger partial charge in [0.2, 0.25) is 0 Å². The Morgan fingerprint density at radius 2 is 1.67 bits per heavy atom. The fourth-order valence-electron chi connectivity index (χ4n) is 2.36. The van der Waals surface area contributed by atoms with Crippen LogP contribution in [0.5, 0.6) is 17.2 Å². The van der Waals surface area contributed by atoms with Gasteiger partial charge < -0.3 is 15.3 Å². The third-order valence-corrected chi connectivity index (χ3v) is 3.67. The summed E-state index contributed by atoms with van der Waals surface area (Å²) in [5.74, 6) is -0.427. The molecule has 0 saturated carbocycles. The second-order valence-corrected chi connectivity index (χ2v) is 5.09. The molecule has 4 heteroatoms. The monoisotopic (exact) mass is 286 g/mol. The van der Waals surface area contributed by atoms with Crippen LogP contribution in [0, 0.1) is 13.8 Å². The summed E-state index contributed by atoms with van der Waals surface area (Å²) in [6, 6.07) is 5.98. The Morgan fingerprint density at radius 1 is 1.00 bits per heavy atom. The van der Waals surface area contributed by atoms with Crippen LogP contribution < -0.4 is 0 Å². The maximum atomic E-state index is 12.6. The zero-order valence-electron chi connectivity index (χ0n) is 12.3. The van der Waals surface area contributed by atoms with E-state index in [1.54, 1.807) is 13.8 Å². The van der Waals surface area contributed by atoms with Gasteiger partial charge >= 0.3 is 0 Å². The Kier molecular flexibility index (Phi) is 3.89. The maximum Gasteiger partial charge on any atom is 0.197 e. The summed E-state index contributed by atoms with van der Waals surface area (Å²) in [6.07, 6.45) is 0.557. The van der Waals surface area contributed by atoms with Gasteiger partial charge in [-0.05, 0) is 55.7 Å². The quantitative estimate of drug-likeness (QED) is 0.757. The van der Waals surface area contributed by atoms with Crippen LogP contribution in [0.15, 0.2) is 24.3 Å². The lowest BCUT2D eigenvalue weighted by molar-refractivity contribution is 0.103. The molecule has 0 saturated heterocycles. The van der Waals surface area contributed by atoms with Gasteiger partial charge in [0.1, 0.15) is 17.2 Å². The van der Waals surface area contributed by atoms with E-state index < -0.39 is 0 Å². The Balaban J connectivity index is 2.61. The van der Waals surface area contributed by atoms with Crippen molar-refractivity contribution in [1.29, 1.82) is 0 Å². The van der Waals surface area contributed by atoms with Crippen LogP contribution in [0.25, 0.3) is 0 Å². The first-order chi connectivity index (χ1) is 9.86. The summed E-state index contributed by atoms with van der Waals surface area (Å²) in [5, 5.41) is 29.5. The molecule has 0 atom stereocenters. The molecule has 0 radical (unpaired) electrons. The van der Waals surface area contributed by atoms with Gasteiger partial charge in [0.15, 0.2) is 5.78 Å². The molecule has 0 bridgehead atoms. The molecule has 0 aliphatic carbocycles. The molecule has 0 spiro atoms. The molecule has 0 amide bonds. The number of rotatable bonds is 3. The summed E-state index contributed by atoms with van der Waals surface area (Å²) in [6.45, 7) is 5.16. The zero-order valence-corrected chi connectivity index (χ0v) is 12.3. The van der Waals surface area contributed by atoms with E-state index in [2.05, 4.69) is 0 Å². The van der Waals surface area contributed by atoms with E-state index in [0.717, 1.165) is 0 Å². The molecule has 4 nitrogen and oxygen atoms in total. The number of aryl methyl sites for hydroxylation is 2. The van der Waals surface area contributed by atoms with Gasteiger partial charge in [-0.3, -0.25) is 4.79 Å². The molecule has 0 aliphatic heterocycles. The van der Waals surface area contributed by atoms with E-state index in [9.17, 15) is 20.1 Å². The molecule has 2 aromatic carbocycles. The van der Waals surface area contributed by atoms with Crippen molar-refractivity contribution in [3.8, 4) is 17.2 Å². The number of carbonyl (C=O) groups is 1. The molecule has 0 unspecified atom stereocenters. The Hall–Kier alpha value is -2.49. The molecule has 2 aromatic rings. The molecule has 21 heavy (non-hydrogen) atoms. The Bertz CT molecular complexity index is 717. The minimum atomic E-state index is -0.331. The highest BCUT2D eigenvalue weighted by atomic mass is 16.3. The number of aromatic hydroxyl groups is 3. The second kappa shape index (κ2) is 5.48. The summed E-state index contributed by atoms with van der Waals surface area (Å²) in [5.41, 5.74) is 2.12. The lowest BCUT2D eigenvalue weighted by atomic mass is 9.94. The van der Waals surface area contributed by atoms with Gasteiger partial charge in [-0.15, -0.1) is 0 Å². The molecule has 0 aromatic heterocycles. The average Bonchev–Trinajstić information content (AvgIpc) is 2.44. The van der Waals surface area contributed by atoms with Crippen LogP contribution in [-0.4, -0.2) is 21.1 Å². The smallest absolute Gasteiger partial charge is 0.197 e. The first-order valence-corrected chi connectivity index (χ1v) is 6.75. The number of ketones is 1. The van der Waals surface area contributed by atoms with Crippen LogP contribution in [0.1, 0.15) is 39.5 Å². The van der Waals surface area contributed by atoms with Crippen molar-refractivity contribution < 1.29 is 20.1 Å². The molecule has 0 fully saturated rings. The van der Waals surface area contributed by atoms with Crippen molar-refractivity contribution in [3.63, 3.8) is 0 Å². The Morgan fingerprint density at radius 3 is 2.24 bits per heavy atom. The molecule has 3 N–H and O–H groups in total. The number of hydrogen-bond donors (Lipinski definition) is 3. The van der Waals surface area contributed by atoms with Crippen LogP contribution in [0.3, 0.4) is 0 Å². The van der Waals surface area contributed by atoms with Crippen LogP contribution in [0.4, 0.5) is 0 Å². The predicted octanol–water partition coefficient (Wildman–Crippen LogP) is 3.21.